The number of anilines is 1. The predicted molar refractivity (Wildman–Crippen MR) is 56.9 cm³/mol. The lowest BCUT2D eigenvalue weighted by molar-refractivity contribution is -0.129. The summed E-state index contributed by atoms with van der Waals surface area (Å²) in [6, 6.07) is 0. The van der Waals surface area contributed by atoms with E-state index in [4.69, 9.17) is 5.73 Å². The highest BCUT2D eigenvalue weighted by molar-refractivity contribution is 5.97. The molecule has 17 heavy (non-hydrogen) atoms. The Kier molecular flexibility index (Phi) is 3.22. The second-order valence-electron chi connectivity index (χ2n) is 3.77. The number of carbonyl (C=O) groups is 2. The number of rotatable bonds is 3. The van der Waals surface area contributed by atoms with Crippen molar-refractivity contribution in [2.45, 2.75) is 12.8 Å². The van der Waals surface area contributed by atoms with Crippen LogP contribution in [0.3, 0.4) is 0 Å². The molecular formula is C9H13N5O3. The molecule has 8 heteroatoms. The molecule has 8 nitrogen and oxygen atoms in total. The van der Waals surface area contributed by atoms with Gasteiger partial charge in [0, 0.05) is 13.1 Å². The second-order valence-corrected chi connectivity index (χ2v) is 3.77. The van der Waals surface area contributed by atoms with Crippen molar-refractivity contribution in [3.8, 4) is 0 Å². The first-order chi connectivity index (χ1) is 8.18. The van der Waals surface area contributed by atoms with Gasteiger partial charge in [-0.3, -0.25) is 9.59 Å². The lowest BCUT2D eigenvalue weighted by Gasteiger charge is -2.14. The first kappa shape index (κ1) is 11.4. The summed E-state index contributed by atoms with van der Waals surface area (Å²) in [7, 11) is 0. The van der Waals surface area contributed by atoms with Crippen LogP contribution in [0.15, 0.2) is 4.63 Å². The maximum Gasteiger partial charge on any atom is 0.277 e. The van der Waals surface area contributed by atoms with Crippen LogP contribution in [0.1, 0.15) is 23.3 Å². The minimum atomic E-state index is -0.559. The van der Waals surface area contributed by atoms with Crippen molar-refractivity contribution in [1.82, 2.24) is 20.5 Å². The molecule has 92 valence electrons. The Labute approximate surface area is 97.1 Å². The molecule has 2 rings (SSSR count). The van der Waals surface area contributed by atoms with Crippen LogP contribution < -0.4 is 11.1 Å². The van der Waals surface area contributed by atoms with Gasteiger partial charge in [-0.2, -0.15) is 0 Å². The maximum atomic E-state index is 11.6. The molecule has 0 atom stereocenters. The smallest absolute Gasteiger partial charge is 0.277 e. The van der Waals surface area contributed by atoms with Crippen LogP contribution in [0.2, 0.25) is 0 Å². The van der Waals surface area contributed by atoms with E-state index < -0.39 is 5.91 Å². The lowest BCUT2D eigenvalue weighted by atomic mass is 10.4. The lowest BCUT2D eigenvalue weighted by Crippen LogP contribution is -2.38. The Hall–Kier alpha value is -2.12. The predicted octanol–water partition coefficient (Wildman–Crippen LogP) is -0.996. The van der Waals surface area contributed by atoms with Gasteiger partial charge in [0.05, 0.1) is 6.54 Å². The number of nitrogens with zero attached hydrogens (tertiary/aromatic N) is 3. The summed E-state index contributed by atoms with van der Waals surface area (Å²) in [6.45, 7) is 1.44. The zero-order valence-electron chi connectivity index (χ0n) is 9.18. The van der Waals surface area contributed by atoms with Crippen molar-refractivity contribution in [3.63, 3.8) is 0 Å². The van der Waals surface area contributed by atoms with Crippen molar-refractivity contribution in [2.75, 3.05) is 25.4 Å². The number of likely N-dealkylation sites (tertiary alicyclic amines) is 1. The minimum absolute atomic E-state index is 0.0644. The SMILES string of the molecule is Nc1nonc1C(=O)NCC(=O)N1CCCC1. The van der Waals surface area contributed by atoms with Crippen LogP contribution in [0.25, 0.3) is 0 Å². The standard InChI is InChI=1S/C9H13N5O3/c10-8-7(12-17-13-8)9(16)11-5-6(15)14-3-1-2-4-14/h1-5H2,(H2,10,13)(H,11,16). The van der Waals surface area contributed by atoms with E-state index >= 15 is 0 Å². The second kappa shape index (κ2) is 4.81. The molecule has 0 bridgehead atoms. The average molecular weight is 239 g/mol. The summed E-state index contributed by atoms with van der Waals surface area (Å²) >= 11 is 0. The summed E-state index contributed by atoms with van der Waals surface area (Å²) in [5.74, 6) is -0.752. The number of amides is 2. The van der Waals surface area contributed by atoms with Crippen molar-refractivity contribution in [1.29, 1.82) is 0 Å². The van der Waals surface area contributed by atoms with E-state index in [0.717, 1.165) is 25.9 Å². The fourth-order valence-corrected chi connectivity index (χ4v) is 1.67. The number of nitrogen functional groups attached to an aromatic ring is 1. The van der Waals surface area contributed by atoms with Gasteiger partial charge in [-0.15, -0.1) is 0 Å². The maximum absolute atomic E-state index is 11.6. The summed E-state index contributed by atoms with van der Waals surface area (Å²) < 4.78 is 4.29. The highest BCUT2D eigenvalue weighted by Crippen LogP contribution is 2.07. The van der Waals surface area contributed by atoms with E-state index in [1.807, 2.05) is 0 Å². The third-order valence-electron chi connectivity index (χ3n) is 2.59. The summed E-state index contributed by atoms with van der Waals surface area (Å²) in [5.41, 5.74) is 5.25. The van der Waals surface area contributed by atoms with E-state index in [1.54, 1.807) is 4.90 Å². The number of hydrogen-bond acceptors (Lipinski definition) is 6. The quantitative estimate of drug-likeness (QED) is 0.699. The van der Waals surface area contributed by atoms with Crippen molar-refractivity contribution in [3.05, 3.63) is 5.69 Å². The van der Waals surface area contributed by atoms with Crippen LogP contribution in [0, 0.1) is 0 Å². The Balaban J connectivity index is 1.84. The molecule has 0 unspecified atom stereocenters. The van der Waals surface area contributed by atoms with Crippen LogP contribution in [-0.2, 0) is 4.79 Å². The molecule has 0 spiro atoms. The van der Waals surface area contributed by atoms with Gasteiger partial charge in [0.1, 0.15) is 0 Å². The average Bonchev–Trinajstić information content (AvgIpc) is 2.95. The zero-order valence-corrected chi connectivity index (χ0v) is 9.18. The van der Waals surface area contributed by atoms with Crippen molar-refractivity contribution >= 4 is 17.6 Å². The third kappa shape index (κ3) is 2.52. The molecule has 1 aromatic heterocycles. The van der Waals surface area contributed by atoms with Gasteiger partial charge < -0.3 is 16.0 Å². The first-order valence-electron chi connectivity index (χ1n) is 5.32. The van der Waals surface area contributed by atoms with E-state index in [2.05, 4.69) is 20.3 Å². The molecule has 0 aromatic carbocycles. The van der Waals surface area contributed by atoms with Crippen molar-refractivity contribution in [2.24, 2.45) is 0 Å². The number of carbonyl (C=O) groups excluding carboxylic acids is 2. The molecule has 1 saturated heterocycles. The largest absolute Gasteiger partial charge is 0.379 e. The molecule has 1 aliphatic heterocycles. The van der Waals surface area contributed by atoms with Crippen LogP contribution in [-0.4, -0.2) is 46.7 Å². The Morgan fingerprint density at radius 2 is 2.06 bits per heavy atom. The third-order valence-corrected chi connectivity index (χ3v) is 2.59. The Morgan fingerprint density at radius 1 is 1.35 bits per heavy atom. The van der Waals surface area contributed by atoms with Crippen molar-refractivity contribution < 1.29 is 14.2 Å². The van der Waals surface area contributed by atoms with E-state index in [1.165, 1.54) is 0 Å². The highest BCUT2D eigenvalue weighted by Gasteiger charge is 2.20. The molecule has 1 fully saturated rings. The topological polar surface area (TPSA) is 114 Å². The minimum Gasteiger partial charge on any atom is -0.379 e. The zero-order chi connectivity index (χ0) is 12.3. The monoisotopic (exact) mass is 239 g/mol. The number of nitrogens with two attached hydrogens (primary N) is 1. The van der Waals surface area contributed by atoms with Gasteiger partial charge in [0.15, 0.2) is 0 Å². The van der Waals surface area contributed by atoms with Gasteiger partial charge >= 0.3 is 0 Å². The van der Waals surface area contributed by atoms with E-state index in [0.29, 0.717) is 0 Å². The molecule has 0 aliphatic carbocycles. The molecule has 0 saturated carbocycles. The summed E-state index contributed by atoms with van der Waals surface area (Å²) in [4.78, 5) is 24.9. The Bertz CT molecular complexity index is 424. The molecular weight excluding hydrogens is 226 g/mol. The molecule has 0 radical (unpaired) electrons. The van der Waals surface area contributed by atoms with Gasteiger partial charge in [-0.05, 0) is 23.2 Å². The summed E-state index contributed by atoms with van der Waals surface area (Å²) in [5, 5.41) is 9.05. The number of aromatic nitrogens is 2. The normalized spacial score (nSPS) is 14.9. The van der Waals surface area contributed by atoms with Gasteiger partial charge in [-0.1, -0.05) is 0 Å². The molecule has 2 amide bonds. The molecule has 1 aliphatic rings. The van der Waals surface area contributed by atoms with Gasteiger partial charge in [0.2, 0.25) is 17.4 Å². The fourth-order valence-electron chi connectivity index (χ4n) is 1.67. The van der Waals surface area contributed by atoms with Crippen LogP contribution in [0.5, 0.6) is 0 Å². The van der Waals surface area contributed by atoms with Gasteiger partial charge in [0.25, 0.3) is 5.91 Å². The Morgan fingerprint density at radius 3 is 2.65 bits per heavy atom. The first-order valence-corrected chi connectivity index (χ1v) is 5.32. The summed E-state index contributed by atoms with van der Waals surface area (Å²) in [6.07, 6.45) is 2.03. The highest BCUT2D eigenvalue weighted by atomic mass is 16.6. The molecule has 3 N–H and O–H groups in total. The number of nitrogens with one attached hydrogen (secondary N) is 1. The van der Waals surface area contributed by atoms with Crippen LogP contribution in [0.4, 0.5) is 5.82 Å². The fraction of sp³-hybridized carbons (Fsp3) is 0.556. The van der Waals surface area contributed by atoms with E-state index in [-0.39, 0.29) is 24.0 Å². The van der Waals surface area contributed by atoms with Gasteiger partial charge in [-0.25, -0.2) is 4.63 Å². The molecule has 1 aromatic rings. The van der Waals surface area contributed by atoms with E-state index in [9.17, 15) is 9.59 Å². The van der Waals surface area contributed by atoms with Crippen LogP contribution >= 0.6 is 0 Å². The molecule has 2 heterocycles. The number of hydrogen-bond donors (Lipinski definition) is 2.